The summed E-state index contributed by atoms with van der Waals surface area (Å²) in [5.74, 6) is -0.457. The van der Waals surface area contributed by atoms with Crippen LogP contribution in [0.15, 0.2) is 84.9 Å². The number of hydrogen-bond donors (Lipinski definition) is 0. The SMILES string of the molecule is CCCCn1c2ccc3cc4ccc(F)cc4cc3c2c2c3cc4cc(F)ccc4cc3ccc21. The molecule has 7 rings (SSSR count). The van der Waals surface area contributed by atoms with Crippen LogP contribution in [0.25, 0.3) is 64.9 Å². The van der Waals surface area contributed by atoms with Crippen molar-refractivity contribution in [2.45, 2.75) is 26.3 Å². The Hall–Kier alpha value is -3.98. The van der Waals surface area contributed by atoms with Crippen LogP contribution in [0.3, 0.4) is 0 Å². The van der Waals surface area contributed by atoms with Crippen molar-refractivity contribution >= 4 is 64.9 Å². The maximum atomic E-state index is 14.1. The Labute approximate surface area is 201 Å². The molecule has 1 heterocycles. The van der Waals surface area contributed by atoms with Gasteiger partial charge in [-0.2, -0.15) is 0 Å². The van der Waals surface area contributed by atoms with Gasteiger partial charge in [-0.25, -0.2) is 8.78 Å². The monoisotopic (exact) mass is 459 g/mol. The van der Waals surface area contributed by atoms with Gasteiger partial charge in [0.15, 0.2) is 0 Å². The fourth-order valence-corrected chi connectivity index (χ4v) is 5.72. The molecule has 6 aromatic carbocycles. The fourth-order valence-electron chi connectivity index (χ4n) is 5.72. The number of halogens is 2. The number of benzene rings is 6. The van der Waals surface area contributed by atoms with Crippen molar-refractivity contribution in [3.63, 3.8) is 0 Å². The first-order valence-corrected chi connectivity index (χ1v) is 12.2. The lowest BCUT2D eigenvalue weighted by Gasteiger charge is -2.08. The van der Waals surface area contributed by atoms with Gasteiger partial charge in [0.25, 0.3) is 0 Å². The highest BCUT2D eigenvalue weighted by Crippen LogP contribution is 2.41. The predicted octanol–water partition coefficient (Wildman–Crippen LogP) is 9.49. The highest BCUT2D eigenvalue weighted by molar-refractivity contribution is 6.29. The lowest BCUT2D eigenvalue weighted by Crippen LogP contribution is -1.97. The first-order valence-electron chi connectivity index (χ1n) is 12.2. The van der Waals surface area contributed by atoms with E-state index in [1.54, 1.807) is 12.1 Å². The van der Waals surface area contributed by atoms with Gasteiger partial charge in [0.1, 0.15) is 11.6 Å². The van der Waals surface area contributed by atoms with Crippen LogP contribution in [0.2, 0.25) is 0 Å². The molecule has 0 aliphatic rings. The maximum absolute atomic E-state index is 14.1. The fraction of sp³-hybridized carbons (Fsp3) is 0.125. The molecule has 0 aliphatic carbocycles. The van der Waals surface area contributed by atoms with Gasteiger partial charge in [0, 0.05) is 28.4 Å². The lowest BCUT2D eigenvalue weighted by atomic mass is 9.96. The predicted molar refractivity (Wildman–Crippen MR) is 144 cm³/mol. The average molecular weight is 460 g/mol. The number of rotatable bonds is 3. The molecule has 0 N–H and O–H groups in total. The van der Waals surface area contributed by atoms with Gasteiger partial charge >= 0.3 is 0 Å². The van der Waals surface area contributed by atoms with E-state index >= 15 is 0 Å². The van der Waals surface area contributed by atoms with Crippen molar-refractivity contribution in [1.29, 1.82) is 0 Å². The van der Waals surface area contributed by atoms with Crippen molar-refractivity contribution < 1.29 is 8.78 Å². The molecule has 3 heteroatoms. The normalized spacial score (nSPS) is 12.2. The molecule has 1 aromatic heterocycles. The molecular formula is C32H23F2N. The minimum absolute atomic E-state index is 0.228. The van der Waals surface area contributed by atoms with Crippen LogP contribution in [-0.4, -0.2) is 4.57 Å². The summed E-state index contributed by atoms with van der Waals surface area (Å²) in [7, 11) is 0. The molecule has 0 saturated carbocycles. The van der Waals surface area contributed by atoms with E-state index in [4.69, 9.17) is 0 Å². The van der Waals surface area contributed by atoms with Gasteiger partial charge in [-0.05, 0) is 110 Å². The average Bonchev–Trinajstić information content (AvgIpc) is 3.19. The van der Waals surface area contributed by atoms with Gasteiger partial charge in [-0.1, -0.05) is 37.6 Å². The second-order valence-electron chi connectivity index (χ2n) is 9.55. The Kier molecular flexibility index (Phi) is 4.38. The van der Waals surface area contributed by atoms with E-state index in [0.717, 1.165) is 62.5 Å². The number of unbranched alkanes of at least 4 members (excludes halogenated alkanes) is 1. The standard InChI is InChI=1S/C32H23F2N/c1-2-3-12-35-29-10-6-21-13-19-4-8-25(33)15-23(19)17-27(21)31(29)32-28-18-24-16-26(34)9-5-20(24)14-22(28)7-11-30(32)35/h4-11,13-18H,2-3,12H2,1H3. The zero-order valence-electron chi connectivity index (χ0n) is 19.4. The zero-order chi connectivity index (χ0) is 23.7. The molecule has 1 nitrogen and oxygen atoms in total. The van der Waals surface area contributed by atoms with E-state index in [9.17, 15) is 8.78 Å². The first kappa shape index (κ1) is 20.4. The second-order valence-corrected chi connectivity index (χ2v) is 9.55. The summed E-state index contributed by atoms with van der Waals surface area (Å²) in [6.45, 7) is 3.14. The Morgan fingerprint density at radius 3 is 1.51 bits per heavy atom. The largest absolute Gasteiger partial charge is 0.340 e. The quantitative estimate of drug-likeness (QED) is 0.232. The minimum Gasteiger partial charge on any atom is -0.340 e. The van der Waals surface area contributed by atoms with Crippen molar-refractivity contribution in [1.82, 2.24) is 4.57 Å². The molecule has 0 aliphatic heterocycles. The van der Waals surface area contributed by atoms with Crippen LogP contribution >= 0.6 is 0 Å². The molecule has 0 fully saturated rings. The number of aromatic nitrogens is 1. The molecule has 0 saturated heterocycles. The molecule has 170 valence electrons. The first-order chi connectivity index (χ1) is 17.1. The third-order valence-corrected chi connectivity index (χ3v) is 7.40. The Morgan fingerprint density at radius 2 is 1.03 bits per heavy atom. The summed E-state index contributed by atoms with van der Waals surface area (Å²) < 4.78 is 30.6. The van der Waals surface area contributed by atoms with Crippen molar-refractivity contribution in [3.05, 3.63) is 96.6 Å². The molecular weight excluding hydrogens is 436 g/mol. The van der Waals surface area contributed by atoms with Crippen LogP contribution < -0.4 is 0 Å². The molecule has 0 unspecified atom stereocenters. The third-order valence-electron chi connectivity index (χ3n) is 7.40. The van der Waals surface area contributed by atoms with Gasteiger partial charge in [0.05, 0.1) is 0 Å². The van der Waals surface area contributed by atoms with Crippen LogP contribution in [0.4, 0.5) is 8.78 Å². The van der Waals surface area contributed by atoms with Gasteiger partial charge < -0.3 is 4.57 Å². The van der Waals surface area contributed by atoms with E-state index in [0.29, 0.717) is 0 Å². The van der Waals surface area contributed by atoms with E-state index in [1.165, 1.54) is 33.9 Å². The number of nitrogens with zero attached hydrogens (tertiary/aromatic N) is 1. The third kappa shape index (κ3) is 3.04. The number of aryl methyl sites for hydroxylation is 1. The minimum atomic E-state index is -0.228. The highest BCUT2D eigenvalue weighted by Gasteiger charge is 2.17. The molecule has 0 radical (unpaired) electrons. The molecule has 35 heavy (non-hydrogen) atoms. The topological polar surface area (TPSA) is 4.93 Å². The van der Waals surface area contributed by atoms with Gasteiger partial charge in [0.2, 0.25) is 0 Å². The maximum Gasteiger partial charge on any atom is 0.123 e. The molecule has 0 spiro atoms. The lowest BCUT2D eigenvalue weighted by molar-refractivity contribution is 0.629. The van der Waals surface area contributed by atoms with Crippen molar-refractivity contribution in [2.24, 2.45) is 0 Å². The summed E-state index contributed by atoms with van der Waals surface area (Å²) in [5.41, 5.74) is 2.37. The van der Waals surface area contributed by atoms with E-state index in [1.807, 2.05) is 12.1 Å². The van der Waals surface area contributed by atoms with Crippen molar-refractivity contribution in [3.8, 4) is 0 Å². The van der Waals surface area contributed by atoms with Crippen LogP contribution in [0.5, 0.6) is 0 Å². The van der Waals surface area contributed by atoms with Crippen LogP contribution in [0, 0.1) is 11.6 Å². The zero-order valence-corrected chi connectivity index (χ0v) is 19.4. The number of hydrogen-bond acceptors (Lipinski definition) is 0. The van der Waals surface area contributed by atoms with Gasteiger partial charge in [-0.15, -0.1) is 0 Å². The summed E-state index contributed by atoms with van der Waals surface area (Å²) in [6, 6.07) is 27.3. The smallest absolute Gasteiger partial charge is 0.123 e. The van der Waals surface area contributed by atoms with Gasteiger partial charge in [-0.3, -0.25) is 0 Å². The number of fused-ring (bicyclic) bond motifs is 9. The molecule has 7 aromatic rings. The second kappa shape index (κ2) is 7.51. The van der Waals surface area contributed by atoms with E-state index in [2.05, 4.69) is 60.0 Å². The molecule has 0 atom stereocenters. The van der Waals surface area contributed by atoms with Crippen molar-refractivity contribution in [2.75, 3.05) is 0 Å². The van der Waals surface area contributed by atoms with Crippen LogP contribution in [-0.2, 0) is 6.54 Å². The molecule has 0 amide bonds. The van der Waals surface area contributed by atoms with E-state index < -0.39 is 0 Å². The summed E-state index contributed by atoms with van der Waals surface area (Å²) in [5, 5.41) is 10.7. The molecule has 0 bridgehead atoms. The Bertz CT molecular complexity index is 1820. The van der Waals surface area contributed by atoms with E-state index in [-0.39, 0.29) is 11.6 Å². The highest BCUT2D eigenvalue weighted by atomic mass is 19.1. The summed E-state index contributed by atoms with van der Waals surface area (Å²) in [6.07, 6.45) is 2.19. The summed E-state index contributed by atoms with van der Waals surface area (Å²) in [4.78, 5) is 0. The Morgan fingerprint density at radius 1 is 0.543 bits per heavy atom. The van der Waals surface area contributed by atoms with Crippen LogP contribution in [0.1, 0.15) is 19.8 Å². The summed E-state index contributed by atoms with van der Waals surface area (Å²) >= 11 is 0. The Balaban J connectivity index is 1.71.